The third-order valence-corrected chi connectivity index (χ3v) is 4.71. The van der Waals surface area contributed by atoms with E-state index >= 15 is 0 Å². The van der Waals surface area contributed by atoms with Crippen LogP contribution in [0.3, 0.4) is 0 Å². The van der Waals surface area contributed by atoms with E-state index in [4.69, 9.17) is 5.73 Å². The molecule has 0 amide bonds. The molecule has 27 heavy (non-hydrogen) atoms. The summed E-state index contributed by atoms with van der Waals surface area (Å²) in [7, 11) is 0. The van der Waals surface area contributed by atoms with Crippen LogP contribution in [-0.2, 0) is 0 Å². The molecule has 7 nitrogen and oxygen atoms in total. The summed E-state index contributed by atoms with van der Waals surface area (Å²) in [4.78, 5) is 26.5. The Morgan fingerprint density at radius 3 is 2.74 bits per heavy atom. The lowest BCUT2D eigenvalue weighted by Gasteiger charge is -2.30. The lowest BCUT2D eigenvalue weighted by atomic mass is 10.1. The average molecular weight is 387 g/mol. The molecule has 142 valence electrons. The molecule has 1 fully saturated rings. The van der Waals surface area contributed by atoms with Gasteiger partial charge in [0, 0.05) is 31.0 Å². The number of anilines is 3. The highest BCUT2D eigenvalue weighted by Crippen LogP contribution is 2.25. The predicted molar refractivity (Wildman–Crippen MR) is 111 cm³/mol. The quantitative estimate of drug-likeness (QED) is 0.640. The van der Waals surface area contributed by atoms with E-state index in [1.54, 1.807) is 12.3 Å². The molecule has 1 saturated heterocycles. The number of pyridine rings is 1. The smallest absolute Gasteiger partial charge is 0.261 e. The fourth-order valence-electron chi connectivity index (χ4n) is 3.27. The third kappa shape index (κ3) is 4.04. The van der Waals surface area contributed by atoms with Crippen LogP contribution in [0.1, 0.15) is 18.4 Å². The minimum absolute atomic E-state index is 0. The number of aromatic nitrogens is 3. The van der Waals surface area contributed by atoms with Crippen LogP contribution in [0, 0.1) is 6.92 Å². The summed E-state index contributed by atoms with van der Waals surface area (Å²) in [6.45, 7) is 3.66. The van der Waals surface area contributed by atoms with Crippen molar-refractivity contribution in [2.45, 2.75) is 25.8 Å². The minimum Gasteiger partial charge on any atom is -0.341 e. The van der Waals surface area contributed by atoms with Crippen LogP contribution < -0.4 is 21.5 Å². The van der Waals surface area contributed by atoms with E-state index < -0.39 is 0 Å². The van der Waals surface area contributed by atoms with Crippen LogP contribution in [0.2, 0.25) is 0 Å². The summed E-state index contributed by atoms with van der Waals surface area (Å²) in [5.41, 5.74) is 8.45. The zero-order valence-electron chi connectivity index (χ0n) is 15.1. The molecule has 4 N–H and O–H groups in total. The second-order valence-electron chi connectivity index (χ2n) is 6.76. The predicted octanol–water partition coefficient (Wildman–Crippen LogP) is 2.72. The number of nitrogens with zero attached hydrogens (tertiary/aromatic N) is 3. The van der Waals surface area contributed by atoms with Crippen LogP contribution in [0.4, 0.5) is 17.5 Å². The van der Waals surface area contributed by atoms with Gasteiger partial charge in [0.25, 0.3) is 5.56 Å². The maximum absolute atomic E-state index is 12.4. The number of halogens is 1. The van der Waals surface area contributed by atoms with Crippen LogP contribution >= 0.6 is 12.4 Å². The standard InChI is InChI=1S/C19H22N6O.ClH/c1-12-3-2-4-14(11-12)22-17-16-15(5-8-21-18(16)26)23-19(24-17)25-9-6-13(20)7-10-25;/h2-5,8,11,13H,6-7,9-10,20H2,1H3,(H,21,26)(H,22,23,24);1H. The normalized spacial score (nSPS) is 14.8. The molecule has 1 aliphatic rings. The molecule has 4 rings (SSSR count). The Bertz CT molecular complexity index is 997. The summed E-state index contributed by atoms with van der Waals surface area (Å²) in [6.07, 6.45) is 3.44. The molecule has 0 bridgehead atoms. The second-order valence-corrected chi connectivity index (χ2v) is 6.76. The number of aromatic amines is 1. The summed E-state index contributed by atoms with van der Waals surface area (Å²) in [5, 5.41) is 3.76. The molecular weight excluding hydrogens is 364 g/mol. The average Bonchev–Trinajstić information content (AvgIpc) is 2.62. The van der Waals surface area contributed by atoms with E-state index in [1.807, 2.05) is 31.2 Å². The zero-order chi connectivity index (χ0) is 18.1. The first-order valence-corrected chi connectivity index (χ1v) is 8.84. The fraction of sp³-hybridized carbons (Fsp3) is 0.316. The molecule has 8 heteroatoms. The molecule has 3 aromatic rings. The van der Waals surface area contributed by atoms with E-state index in [2.05, 4.69) is 25.2 Å². The Morgan fingerprint density at radius 1 is 1.22 bits per heavy atom. The SMILES string of the molecule is Cc1cccc(Nc2nc(N3CCC(N)CC3)nc3cc[nH]c(=O)c23)c1.Cl. The molecule has 0 atom stereocenters. The first-order valence-electron chi connectivity index (χ1n) is 8.84. The van der Waals surface area contributed by atoms with E-state index in [0.29, 0.717) is 22.7 Å². The van der Waals surface area contributed by atoms with Gasteiger partial charge in [-0.25, -0.2) is 4.98 Å². The Labute approximate surface area is 163 Å². The molecule has 0 radical (unpaired) electrons. The number of H-pyrrole nitrogens is 1. The van der Waals surface area contributed by atoms with Gasteiger partial charge in [-0.1, -0.05) is 12.1 Å². The van der Waals surface area contributed by atoms with Crippen molar-refractivity contribution in [3.05, 3.63) is 52.4 Å². The van der Waals surface area contributed by atoms with Crippen LogP contribution in [0.15, 0.2) is 41.3 Å². The summed E-state index contributed by atoms with van der Waals surface area (Å²) >= 11 is 0. The highest BCUT2D eigenvalue weighted by molar-refractivity contribution is 5.91. The number of piperidine rings is 1. The number of hydrogen-bond acceptors (Lipinski definition) is 6. The Morgan fingerprint density at radius 2 is 2.00 bits per heavy atom. The fourth-order valence-corrected chi connectivity index (χ4v) is 3.27. The summed E-state index contributed by atoms with van der Waals surface area (Å²) < 4.78 is 0. The Kier molecular flexibility index (Phi) is 5.62. The largest absolute Gasteiger partial charge is 0.341 e. The monoisotopic (exact) mass is 386 g/mol. The van der Waals surface area contributed by atoms with Gasteiger partial charge in [-0.3, -0.25) is 4.79 Å². The lowest BCUT2D eigenvalue weighted by Crippen LogP contribution is -2.40. The molecule has 0 aliphatic carbocycles. The van der Waals surface area contributed by atoms with Gasteiger partial charge in [0.2, 0.25) is 5.95 Å². The molecule has 1 aliphatic heterocycles. The number of fused-ring (bicyclic) bond motifs is 1. The van der Waals surface area contributed by atoms with Crippen molar-refractivity contribution < 1.29 is 0 Å². The van der Waals surface area contributed by atoms with E-state index in [-0.39, 0.29) is 24.0 Å². The number of nitrogens with one attached hydrogen (secondary N) is 2. The van der Waals surface area contributed by atoms with Gasteiger partial charge in [0.15, 0.2) is 0 Å². The molecule has 1 aromatic carbocycles. The molecule has 3 heterocycles. The second kappa shape index (κ2) is 7.94. The zero-order valence-corrected chi connectivity index (χ0v) is 15.9. The molecule has 0 spiro atoms. The molecule has 0 saturated carbocycles. The number of aryl methyl sites for hydroxylation is 1. The first kappa shape index (κ1) is 19.1. The van der Waals surface area contributed by atoms with E-state index in [1.165, 1.54) is 0 Å². The van der Waals surface area contributed by atoms with Crippen molar-refractivity contribution in [1.29, 1.82) is 0 Å². The number of hydrogen-bond donors (Lipinski definition) is 3. The number of benzene rings is 1. The van der Waals surface area contributed by atoms with Gasteiger partial charge < -0.3 is 20.9 Å². The van der Waals surface area contributed by atoms with Gasteiger partial charge >= 0.3 is 0 Å². The molecular formula is C19H23ClN6O. The van der Waals surface area contributed by atoms with Gasteiger partial charge in [-0.05, 0) is 43.5 Å². The van der Waals surface area contributed by atoms with Crippen LogP contribution in [-0.4, -0.2) is 34.1 Å². The highest BCUT2D eigenvalue weighted by Gasteiger charge is 2.20. The Balaban J connectivity index is 0.00000210. The van der Waals surface area contributed by atoms with Gasteiger partial charge in [0.1, 0.15) is 11.2 Å². The minimum atomic E-state index is -0.204. The van der Waals surface area contributed by atoms with Gasteiger partial charge in [-0.2, -0.15) is 4.98 Å². The third-order valence-electron chi connectivity index (χ3n) is 4.71. The number of rotatable bonds is 3. The van der Waals surface area contributed by atoms with Crippen molar-refractivity contribution in [2.75, 3.05) is 23.3 Å². The van der Waals surface area contributed by atoms with Crippen LogP contribution in [0.5, 0.6) is 0 Å². The van der Waals surface area contributed by atoms with Gasteiger partial charge in [-0.15, -0.1) is 12.4 Å². The lowest BCUT2D eigenvalue weighted by molar-refractivity contribution is 0.496. The maximum atomic E-state index is 12.4. The summed E-state index contributed by atoms with van der Waals surface area (Å²) in [6, 6.07) is 10.0. The molecule has 2 aromatic heterocycles. The first-order chi connectivity index (χ1) is 12.6. The van der Waals surface area contributed by atoms with Crippen molar-refractivity contribution in [3.8, 4) is 0 Å². The topological polar surface area (TPSA) is 99.9 Å². The van der Waals surface area contributed by atoms with Crippen molar-refractivity contribution in [1.82, 2.24) is 15.0 Å². The highest BCUT2D eigenvalue weighted by atomic mass is 35.5. The molecule has 0 unspecified atom stereocenters. The van der Waals surface area contributed by atoms with E-state index in [0.717, 1.165) is 37.2 Å². The van der Waals surface area contributed by atoms with Crippen molar-refractivity contribution in [2.24, 2.45) is 5.73 Å². The van der Waals surface area contributed by atoms with Crippen LogP contribution in [0.25, 0.3) is 10.9 Å². The summed E-state index contributed by atoms with van der Waals surface area (Å²) in [5.74, 6) is 1.15. The Hall–Kier alpha value is -2.64. The number of nitrogens with two attached hydrogens (primary N) is 1. The maximum Gasteiger partial charge on any atom is 0.261 e. The van der Waals surface area contributed by atoms with Gasteiger partial charge in [0.05, 0.1) is 5.52 Å². The van der Waals surface area contributed by atoms with Crippen molar-refractivity contribution >= 4 is 40.8 Å². The van der Waals surface area contributed by atoms with E-state index in [9.17, 15) is 4.79 Å². The van der Waals surface area contributed by atoms with Crippen molar-refractivity contribution in [3.63, 3.8) is 0 Å².